The van der Waals surface area contributed by atoms with Crippen LogP contribution in [0.2, 0.25) is 5.02 Å². The van der Waals surface area contributed by atoms with Gasteiger partial charge in [0.15, 0.2) is 0 Å². The predicted molar refractivity (Wildman–Crippen MR) is 75.0 cm³/mol. The Morgan fingerprint density at radius 1 is 1.41 bits per heavy atom. The van der Waals surface area contributed by atoms with Gasteiger partial charge in [-0.3, -0.25) is 4.68 Å². The first-order chi connectivity index (χ1) is 7.85. The van der Waals surface area contributed by atoms with Gasteiger partial charge in [0, 0.05) is 12.9 Å². The molecule has 0 bridgehead atoms. The Morgan fingerprint density at radius 3 is 2.35 bits per heavy atom. The van der Waals surface area contributed by atoms with Crippen LogP contribution in [0.25, 0.3) is 0 Å². The van der Waals surface area contributed by atoms with Crippen LogP contribution in [0.1, 0.15) is 39.1 Å². The third-order valence-electron chi connectivity index (χ3n) is 3.77. The average molecular weight is 277 g/mol. The van der Waals surface area contributed by atoms with Crippen molar-refractivity contribution in [3.05, 3.63) is 16.4 Å². The summed E-state index contributed by atoms with van der Waals surface area (Å²) in [5, 5.41) is 5.26. The summed E-state index contributed by atoms with van der Waals surface area (Å²) in [5.74, 6) is 1.14. The molecule has 0 amide bonds. The molecule has 0 spiro atoms. The van der Waals surface area contributed by atoms with E-state index in [-0.39, 0.29) is 5.41 Å². The minimum atomic E-state index is 0.0595. The zero-order valence-corrected chi connectivity index (χ0v) is 12.9. The standard InChI is InChI=1S/C13H22Cl2N2/c1-6-10-12(15)11(17(5)16-10)7-13(4,8-14)9(2)3/h9H,6-8H2,1-5H3. The molecule has 1 atom stereocenters. The fourth-order valence-electron chi connectivity index (χ4n) is 1.80. The van der Waals surface area contributed by atoms with Gasteiger partial charge in [-0.2, -0.15) is 5.10 Å². The van der Waals surface area contributed by atoms with E-state index in [1.807, 2.05) is 11.7 Å². The van der Waals surface area contributed by atoms with Gasteiger partial charge >= 0.3 is 0 Å². The van der Waals surface area contributed by atoms with E-state index in [1.165, 1.54) is 0 Å². The largest absolute Gasteiger partial charge is 0.271 e. The Morgan fingerprint density at radius 2 is 2.00 bits per heavy atom. The van der Waals surface area contributed by atoms with Gasteiger partial charge in [0.25, 0.3) is 0 Å². The van der Waals surface area contributed by atoms with Crippen molar-refractivity contribution < 1.29 is 0 Å². The van der Waals surface area contributed by atoms with E-state index in [1.54, 1.807) is 0 Å². The van der Waals surface area contributed by atoms with E-state index in [4.69, 9.17) is 23.2 Å². The van der Waals surface area contributed by atoms with Crippen molar-refractivity contribution in [2.45, 2.75) is 40.5 Å². The van der Waals surface area contributed by atoms with Crippen LogP contribution >= 0.6 is 23.2 Å². The Labute approximate surface area is 114 Å². The first-order valence-corrected chi connectivity index (χ1v) is 7.03. The van der Waals surface area contributed by atoms with Gasteiger partial charge < -0.3 is 0 Å². The van der Waals surface area contributed by atoms with Gasteiger partial charge in [-0.1, -0.05) is 39.3 Å². The lowest BCUT2D eigenvalue weighted by Crippen LogP contribution is -2.29. The Balaban J connectivity index is 3.06. The normalized spacial score (nSPS) is 15.3. The third kappa shape index (κ3) is 2.97. The molecule has 1 unspecified atom stereocenters. The van der Waals surface area contributed by atoms with Gasteiger partial charge in [-0.15, -0.1) is 11.6 Å². The summed E-state index contributed by atoms with van der Waals surface area (Å²) in [6, 6.07) is 0. The van der Waals surface area contributed by atoms with E-state index in [2.05, 4.69) is 32.8 Å². The second kappa shape index (κ2) is 5.62. The average Bonchev–Trinajstić information content (AvgIpc) is 2.55. The van der Waals surface area contributed by atoms with Crippen LogP contribution in [0.15, 0.2) is 0 Å². The molecule has 1 heterocycles. The number of nitrogens with zero attached hydrogens (tertiary/aromatic N) is 2. The van der Waals surface area contributed by atoms with Crippen molar-refractivity contribution >= 4 is 23.2 Å². The zero-order chi connectivity index (χ0) is 13.2. The minimum Gasteiger partial charge on any atom is -0.271 e. The van der Waals surface area contributed by atoms with Gasteiger partial charge in [-0.25, -0.2) is 0 Å². The molecule has 1 aromatic heterocycles. The molecule has 0 fully saturated rings. The number of hydrogen-bond acceptors (Lipinski definition) is 1. The molecular weight excluding hydrogens is 255 g/mol. The summed E-state index contributed by atoms with van der Waals surface area (Å²) in [6.45, 7) is 8.68. The van der Waals surface area contributed by atoms with Crippen molar-refractivity contribution in [2.75, 3.05) is 5.88 Å². The van der Waals surface area contributed by atoms with Gasteiger partial charge in [0.2, 0.25) is 0 Å². The maximum atomic E-state index is 6.37. The maximum absolute atomic E-state index is 6.37. The summed E-state index contributed by atoms with van der Waals surface area (Å²) in [4.78, 5) is 0. The fourth-order valence-corrected chi connectivity index (χ4v) is 2.56. The van der Waals surface area contributed by atoms with Crippen molar-refractivity contribution in [1.29, 1.82) is 0 Å². The van der Waals surface area contributed by atoms with Crippen molar-refractivity contribution in [3.63, 3.8) is 0 Å². The van der Waals surface area contributed by atoms with Gasteiger partial charge in [0.1, 0.15) is 0 Å². The number of aryl methyl sites for hydroxylation is 2. The molecule has 0 radical (unpaired) electrons. The lowest BCUT2D eigenvalue weighted by molar-refractivity contribution is 0.248. The molecule has 0 aliphatic carbocycles. The summed E-state index contributed by atoms with van der Waals surface area (Å²) in [7, 11) is 1.95. The summed E-state index contributed by atoms with van der Waals surface area (Å²) >= 11 is 12.5. The highest BCUT2D eigenvalue weighted by Gasteiger charge is 2.30. The molecule has 4 heteroatoms. The lowest BCUT2D eigenvalue weighted by atomic mass is 9.77. The van der Waals surface area contributed by atoms with Crippen molar-refractivity contribution in [3.8, 4) is 0 Å². The SMILES string of the molecule is CCc1nn(C)c(CC(C)(CCl)C(C)C)c1Cl. The van der Waals surface area contributed by atoms with E-state index in [0.29, 0.717) is 11.8 Å². The molecule has 0 aromatic carbocycles. The molecule has 0 aliphatic rings. The molecule has 0 N–H and O–H groups in total. The summed E-state index contributed by atoms with van der Waals surface area (Å²) in [5.41, 5.74) is 2.13. The van der Waals surface area contributed by atoms with E-state index in [9.17, 15) is 0 Å². The van der Waals surface area contributed by atoms with Crippen LogP contribution in [0.4, 0.5) is 0 Å². The smallest absolute Gasteiger partial charge is 0.0849 e. The highest BCUT2D eigenvalue weighted by atomic mass is 35.5. The van der Waals surface area contributed by atoms with Crippen LogP contribution < -0.4 is 0 Å². The quantitative estimate of drug-likeness (QED) is 0.741. The maximum Gasteiger partial charge on any atom is 0.0849 e. The first kappa shape index (κ1) is 14.8. The molecule has 1 aromatic rings. The number of rotatable bonds is 5. The Hall–Kier alpha value is -0.210. The molecule has 0 aliphatic heterocycles. The number of alkyl halides is 1. The van der Waals surface area contributed by atoms with Crippen LogP contribution in [-0.4, -0.2) is 15.7 Å². The molecule has 0 saturated heterocycles. The van der Waals surface area contributed by atoms with Crippen LogP contribution in [0.3, 0.4) is 0 Å². The van der Waals surface area contributed by atoms with Crippen LogP contribution in [-0.2, 0) is 19.9 Å². The number of halogens is 2. The minimum absolute atomic E-state index is 0.0595. The third-order valence-corrected chi connectivity index (χ3v) is 4.82. The van der Waals surface area contributed by atoms with E-state index < -0.39 is 0 Å². The second-order valence-corrected chi connectivity index (χ2v) is 5.95. The van der Waals surface area contributed by atoms with Crippen molar-refractivity contribution in [1.82, 2.24) is 9.78 Å². The number of hydrogen-bond donors (Lipinski definition) is 0. The van der Waals surface area contributed by atoms with Gasteiger partial charge in [-0.05, 0) is 24.2 Å². The lowest BCUT2D eigenvalue weighted by Gasteiger charge is -2.31. The molecular formula is C13H22Cl2N2. The van der Waals surface area contributed by atoms with Crippen molar-refractivity contribution in [2.24, 2.45) is 18.4 Å². The highest BCUT2D eigenvalue weighted by molar-refractivity contribution is 6.31. The Bertz CT molecular complexity index is 385. The van der Waals surface area contributed by atoms with Crippen LogP contribution in [0, 0.1) is 11.3 Å². The summed E-state index contributed by atoms with van der Waals surface area (Å²) in [6.07, 6.45) is 1.74. The van der Waals surface area contributed by atoms with E-state index >= 15 is 0 Å². The topological polar surface area (TPSA) is 17.8 Å². The van der Waals surface area contributed by atoms with Crippen LogP contribution in [0.5, 0.6) is 0 Å². The highest BCUT2D eigenvalue weighted by Crippen LogP contribution is 2.35. The van der Waals surface area contributed by atoms with Gasteiger partial charge in [0.05, 0.1) is 16.4 Å². The van der Waals surface area contributed by atoms with E-state index in [0.717, 1.165) is 29.3 Å². The molecule has 1 rings (SSSR count). The summed E-state index contributed by atoms with van der Waals surface area (Å²) < 4.78 is 1.90. The molecule has 0 saturated carbocycles. The Kier molecular flexibility index (Phi) is 4.91. The first-order valence-electron chi connectivity index (χ1n) is 6.12. The fraction of sp³-hybridized carbons (Fsp3) is 0.769. The monoisotopic (exact) mass is 276 g/mol. The molecule has 2 nitrogen and oxygen atoms in total. The second-order valence-electron chi connectivity index (χ2n) is 5.30. The zero-order valence-electron chi connectivity index (χ0n) is 11.3. The molecule has 17 heavy (non-hydrogen) atoms. The number of aromatic nitrogens is 2. The predicted octanol–water partition coefficient (Wildman–Crippen LogP) is 4.08. The molecule has 98 valence electrons.